The van der Waals surface area contributed by atoms with E-state index in [2.05, 4.69) is 10.2 Å². The Bertz CT molecular complexity index is 462. The maximum absolute atomic E-state index is 9.33. The SMILES string of the molecule is [C-]#[N+]/C(C)=C1/NC(CO)C(c2ccccc2)O1. The maximum Gasteiger partial charge on any atom is 0.219 e. The topological polar surface area (TPSA) is 45.9 Å². The Labute approximate surface area is 100 Å². The molecule has 1 aromatic rings. The van der Waals surface area contributed by atoms with E-state index < -0.39 is 0 Å². The lowest BCUT2D eigenvalue weighted by Gasteiger charge is -2.15. The average Bonchev–Trinajstić information content (AvgIpc) is 2.83. The van der Waals surface area contributed by atoms with E-state index >= 15 is 0 Å². The molecule has 1 fully saturated rings. The Morgan fingerprint density at radius 3 is 2.76 bits per heavy atom. The predicted molar refractivity (Wildman–Crippen MR) is 63.6 cm³/mol. The van der Waals surface area contributed by atoms with Gasteiger partial charge in [-0.15, -0.1) is 0 Å². The summed E-state index contributed by atoms with van der Waals surface area (Å²) < 4.78 is 5.70. The summed E-state index contributed by atoms with van der Waals surface area (Å²) in [5.74, 6) is 0.466. The highest BCUT2D eigenvalue weighted by Gasteiger charge is 2.33. The minimum Gasteiger partial charge on any atom is -0.478 e. The number of nitrogens with zero attached hydrogens (tertiary/aromatic N) is 1. The molecule has 4 nitrogen and oxygen atoms in total. The number of aliphatic hydroxyl groups is 1. The van der Waals surface area contributed by atoms with Crippen molar-refractivity contribution in [1.82, 2.24) is 5.32 Å². The number of hydrogen-bond donors (Lipinski definition) is 2. The van der Waals surface area contributed by atoms with Crippen molar-refractivity contribution < 1.29 is 9.84 Å². The molecule has 17 heavy (non-hydrogen) atoms. The standard InChI is InChI=1S/C13H14N2O2/c1-9(14-2)13-15-11(8-16)12(17-13)10-6-4-3-5-7-10/h3-7,11-12,15-16H,8H2,1H3/b13-9-. The molecule has 2 atom stereocenters. The van der Waals surface area contributed by atoms with Crippen LogP contribution in [0.1, 0.15) is 18.6 Å². The second-order valence-corrected chi connectivity index (χ2v) is 3.91. The van der Waals surface area contributed by atoms with Crippen molar-refractivity contribution in [2.24, 2.45) is 0 Å². The number of allylic oxidation sites excluding steroid dienone is 1. The summed E-state index contributed by atoms with van der Waals surface area (Å²) in [5, 5.41) is 12.4. The molecule has 2 unspecified atom stereocenters. The monoisotopic (exact) mass is 230 g/mol. The summed E-state index contributed by atoms with van der Waals surface area (Å²) in [4.78, 5) is 3.33. The van der Waals surface area contributed by atoms with Crippen LogP contribution in [0.15, 0.2) is 41.9 Å². The molecule has 1 heterocycles. The van der Waals surface area contributed by atoms with Crippen molar-refractivity contribution in [3.8, 4) is 0 Å². The lowest BCUT2D eigenvalue weighted by atomic mass is 10.0. The van der Waals surface area contributed by atoms with Crippen LogP contribution in [0.25, 0.3) is 4.85 Å². The largest absolute Gasteiger partial charge is 0.478 e. The number of hydrogen-bond acceptors (Lipinski definition) is 3. The maximum atomic E-state index is 9.33. The second kappa shape index (κ2) is 4.89. The fourth-order valence-corrected chi connectivity index (χ4v) is 1.81. The van der Waals surface area contributed by atoms with Gasteiger partial charge in [-0.05, 0) is 12.5 Å². The molecule has 88 valence electrons. The van der Waals surface area contributed by atoms with Gasteiger partial charge in [-0.3, -0.25) is 0 Å². The highest BCUT2D eigenvalue weighted by molar-refractivity contribution is 5.24. The zero-order valence-electron chi connectivity index (χ0n) is 9.55. The summed E-state index contributed by atoms with van der Waals surface area (Å²) >= 11 is 0. The van der Waals surface area contributed by atoms with Gasteiger partial charge in [0, 0.05) is 0 Å². The van der Waals surface area contributed by atoms with E-state index in [0.717, 1.165) is 5.56 Å². The van der Waals surface area contributed by atoms with Gasteiger partial charge in [0.2, 0.25) is 5.70 Å². The average molecular weight is 230 g/mol. The Balaban J connectivity index is 2.28. The van der Waals surface area contributed by atoms with E-state index in [0.29, 0.717) is 11.6 Å². The van der Waals surface area contributed by atoms with Crippen molar-refractivity contribution in [2.45, 2.75) is 19.1 Å². The second-order valence-electron chi connectivity index (χ2n) is 3.91. The van der Waals surface area contributed by atoms with Crippen LogP contribution in [0.3, 0.4) is 0 Å². The van der Waals surface area contributed by atoms with Gasteiger partial charge < -0.3 is 15.2 Å². The van der Waals surface area contributed by atoms with E-state index in [-0.39, 0.29) is 18.8 Å². The van der Waals surface area contributed by atoms with E-state index in [1.807, 2.05) is 30.3 Å². The quantitative estimate of drug-likeness (QED) is 0.762. The number of ether oxygens (including phenoxy) is 1. The normalized spacial score (nSPS) is 25.7. The van der Waals surface area contributed by atoms with Gasteiger partial charge in [0.25, 0.3) is 0 Å². The predicted octanol–water partition coefficient (Wildman–Crippen LogP) is 1.82. The number of aliphatic hydroxyl groups excluding tert-OH is 1. The van der Waals surface area contributed by atoms with Crippen molar-refractivity contribution in [3.05, 3.63) is 58.9 Å². The van der Waals surface area contributed by atoms with Gasteiger partial charge in [-0.2, -0.15) is 0 Å². The van der Waals surface area contributed by atoms with Crippen LogP contribution < -0.4 is 5.32 Å². The summed E-state index contributed by atoms with van der Waals surface area (Å²) in [5.41, 5.74) is 1.47. The smallest absolute Gasteiger partial charge is 0.219 e. The lowest BCUT2D eigenvalue weighted by Crippen LogP contribution is -2.29. The molecule has 0 aromatic heterocycles. The van der Waals surface area contributed by atoms with Gasteiger partial charge in [-0.1, -0.05) is 30.3 Å². The van der Waals surface area contributed by atoms with Gasteiger partial charge >= 0.3 is 0 Å². The third kappa shape index (κ3) is 2.24. The summed E-state index contributed by atoms with van der Waals surface area (Å²) in [7, 11) is 0. The van der Waals surface area contributed by atoms with E-state index in [1.165, 1.54) is 0 Å². The molecule has 1 saturated heterocycles. The first kappa shape index (κ1) is 11.5. The van der Waals surface area contributed by atoms with Gasteiger partial charge in [0.1, 0.15) is 6.10 Å². The molecule has 0 saturated carbocycles. The molecule has 2 rings (SSSR count). The van der Waals surface area contributed by atoms with Crippen molar-refractivity contribution in [1.29, 1.82) is 0 Å². The van der Waals surface area contributed by atoms with Crippen molar-refractivity contribution in [3.63, 3.8) is 0 Å². The Kier molecular flexibility index (Phi) is 3.31. The molecule has 0 bridgehead atoms. The Morgan fingerprint density at radius 2 is 2.18 bits per heavy atom. The first-order valence-corrected chi connectivity index (χ1v) is 5.43. The molecule has 0 radical (unpaired) electrons. The van der Waals surface area contributed by atoms with Gasteiger partial charge in [0.05, 0.1) is 19.2 Å². The molecule has 4 heteroatoms. The number of benzene rings is 1. The summed E-state index contributed by atoms with van der Waals surface area (Å²) in [6.07, 6.45) is -0.243. The van der Waals surface area contributed by atoms with E-state index in [4.69, 9.17) is 11.3 Å². The van der Waals surface area contributed by atoms with Crippen molar-refractivity contribution >= 4 is 0 Å². The molecule has 2 N–H and O–H groups in total. The Morgan fingerprint density at radius 1 is 1.47 bits per heavy atom. The summed E-state index contributed by atoms with van der Waals surface area (Å²) in [6, 6.07) is 9.48. The molecular weight excluding hydrogens is 216 g/mol. The molecular formula is C13H14N2O2. The zero-order chi connectivity index (χ0) is 12.3. The number of nitrogens with one attached hydrogen (secondary N) is 1. The van der Waals surface area contributed by atoms with Crippen LogP contribution in [0.2, 0.25) is 0 Å². The van der Waals surface area contributed by atoms with Crippen molar-refractivity contribution in [2.75, 3.05) is 6.61 Å². The third-order valence-electron chi connectivity index (χ3n) is 2.75. The van der Waals surface area contributed by atoms with Gasteiger partial charge in [0.15, 0.2) is 5.88 Å². The van der Waals surface area contributed by atoms with E-state index in [1.54, 1.807) is 6.92 Å². The first-order chi connectivity index (χ1) is 8.26. The fraction of sp³-hybridized carbons (Fsp3) is 0.308. The molecule has 1 aromatic carbocycles. The lowest BCUT2D eigenvalue weighted by molar-refractivity contribution is 0.126. The van der Waals surface area contributed by atoms with Crippen LogP contribution in [-0.4, -0.2) is 17.8 Å². The molecule has 0 spiro atoms. The summed E-state index contributed by atoms with van der Waals surface area (Å²) in [6.45, 7) is 8.61. The van der Waals surface area contributed by atoms with Crippen LogP contribution in [0.5, 0.6) is 0 Å². The van der Waals surface area contributed by atoms with Crippen LogP contribution in [0, 0.1) is 6.57 Å². The van der Waals surface area contributed by atoms with Crippen LogP contribution in [-0.2, 0) is 4.74 Å². The third-order valence-corrected chi connectivity index (χ3v) is 2.75. The first-order valence-electron chi connectivity index (χ1n) is 5.43. The Hall–Kier alpha value is -1.99. The minimum atomic E-state index is -0.243. The molecule has 1 aliphatic rings. The van der Waals surface area contributed by atoms with Crippen LogP contribution >= 0.6 is 0 Å². The highest BCUT2D eigenvalue weighted by Crippen LogP contribution is 2.30. The van der Waals surface area contributed by atoms with Crippen LogP contribution in [0.4, 0.5) is 0 Å². The minimum absolute atomic E-state index is 0.0334. The zero-order valence-corrected chi connectivity index (χ0v) is 9.55. The number of rotatable bonds is 2. The van der Waals surface area contributed by atoms with E-state index in [9.17, 15) is 5.11 Å². The fourth-order valence-electron chi connectivity index (χ4n) is 1.81. The molecule has 0 aliphatic carbocycles. The van der Waals surface area contributed by atoms with Gasteiger partial charge in [-0.25, -0.2) is 4.85 Å². The highest BCUT2D eigenvalue weighted by atomic mass is 16.5. The molecule has 0 amide bonds. The molecule has 1 aliphatic heterocycles.